The molecule has 2 aromatic heterocycles. The van der Waals surface area contributed by atoms with Crippen LogP contribution in [-0.4, -0.2) is 29.1 Å². The summed E-state index contributed by atoms with van der Waals surface area (Å²) >= 11 is 5.82. The van der Waals surface area contributed by atoms with Crippen molar-refractivity contribution in [1.29, 1.82) is 0 Å². The van der Waals surface area contributed by atoms with Crippen LogP contribution in [0.15, 0.2) is 24.4 Å². The van der Waals surface area contributed by atoms with Crippen LogP contribution in [0.3, 0.4) is 0 Å². The van der Waals surface area contributed by atoms with Gasteiger partial charge in [-0.15, -0.1) is 12.4 Å². The van der Waals surface area contributed by atoms with Crippen molar-refractivity contribution in [2.75, 3.05) is 18.4 Å². The summed E-state index contributed by atoms with van der Waals surface area (Å²) in [6.45, 7) is 2.09. The number of rotatable bonds is 2. The number of pyridine rings is 2. The van der Waals surface area contributed by atoms with Crippen molar-refractivity contribution >= 4 is 40.7 Å². The number of hydrogen-bond donors (Lipinski definition) is 2. The van der Waals surface area contributed by atoms with E-state index in [0.29, 0.717) is 16.8 Å². The molecule has 4 nitrogen and oxygen atoms in total. The van der Waals surface area contributed by atoms with Gasteiger partial charge >= 0.3 is 0 Å². The molecule has 0 unspecified atom stereocenters. The van der Waals surface area contributed by atoms with E-state index < -0.39 is 0 Å². The molecule has 0 amide bonds. The predicted octanol–water partition coefficient (Wildman–Crippen LogP) is 2.48. The van der Waals surface area contributed by atoms with Gasteiger partial charge in [0.25, 0.3) is 0 Å². The first-order valence-electron chi connectivity index (χ1n) is 5.71. The second-order valence-corrected chi connectivity index (χ2v) is 4.63. The monoisotopic (exact) mass is 284 g/mol. The first-order valence-corrected chi connectivity index (χ1v) is 6.08. The molecule has 96 valence electrons. The van der Waals surface area contributed by atoms with Crippen LogP contribution >= 0.6 is 24.0 Å². The molecule has 18 heavy (non-hydrogen) atoms. The maximum Gasteiger partial charge on any atom is 0.160 e. The Hall–Kier alpha value is -1.10. The highest BCUT2D eigenvalue weighted by molar-refractivity contribution is 6.29. The molecule has 2 N–H and O–H groups in total. The minimum absolute atomic E-state index is 0. The standard InChI is InChI=1S/C12H13ClN4.ClH/c13-11-2-1-8-5-10(7-15-12(8)17-11)16-9-3-4-14-6-9;/h1-2,5,7,9,14,16H,3-4,6H2;1H/t9-;/m1./s1. The first kappa shape index (κ1) is 13.3. The summed E-state index contributed by atoms with van der Waals surface area (Å²) in [5.74, 6) is 0. The second-order valence-electron chi connectivity index (χ2n) is 4.24. The van der Waals surface area contributed by atoms with Crippen LogP contribution in [0.25, 0.3) is 11.0 Å². The van der Waals surface area contributed by atoms with Crippen molar-refractivity contribution < 1.29 is 0 Å². The zero-order valence-electron chi connectivity index (χ0n) is 9.69. The molecule has 2 aromatic rings. The van der Waals surface area contributed by atoms with Gasteiger partial charge in [-0.3, -0.25) is 0 Å². The van der Waals surface area contributed by atoms with Gasteiger partial charge in [-0.2, -0.15) is 0 Å². The Labute approximate surface area is 117 Å². The number of fused-ring (bicyclic) bond motifs is 1. The quantitative estimate of drug-likeness (QED) is 0.832. The van der Waals surface area contributed by atoms with E-state index in [2.05, 4.69) is 26.7 Å². The normalized spacial score (nSPS) is 18.6. The Morgan fingerprint density at radius 3 is 3.06 bits per heavy atom. The molecule has 0 saturated carbocycles. The van der Waals surface area contributed by atoms with E-state index in [0.717, 1.165) is 30.6 Å². The highest BCUT2D eigenvalue weighted by atomic mass is 35.5. The molecule has 0 aromatic carbocycles. The number of aromatic nitrogens is 2. The number of nitrogens with one attached hydrogen (secondary N) is 2. The highest BCUT2D eigenvalue weighted by Gasteiger charge is 2.13. The molecule has 3 rings (SSSR count). The molecule has 0 spiro atoms. The summed E-state index contributed by atoms with van der Waals surface area (Å²) < 4.78 is 0. The molecule has 6 heteroatoms. The van der Waals surface area contributed by atoms with E-state index in [-0.39, 0.29) is 12.4 Å². The molecule has 1 aliphatic heterocycles. The lowest BCUT2D eigenvalue weighted by molar-refractivity contribution is 0.793. The van der Waals surface area contributed by atoms with E-state index in [1.54, 1.807) is 6.07 Å². The fourth-order valence-electron chi connectivity index (χ4n) is 2.08. The molecule has 1 aliphatic rings. The maximum absolute atomic E-state index is 5.82. The fourth-order valence-corrected chi connectivity index (χ4v) is 2.22. The zero-order chi connectivity index (χ0) is 11.7. The summed E-state index contributed by atoms with van der Waals surface area (Å²) in [7, 11) is 0. The van der Waals surface area contributed by atoms with Crippen LogP contribution < -0.4 is 10.6 Å². The van der Waals surface area contributed by atoms with Crippen molar-refractivity contribution in [1.82, 2.24) is 15.3 Å². The predicted molar refractivity (Wildman–Crippen MR) is 76.7 cm³/mol. The van der Waals surface area contributed by atoms with Crippen LogP contribution in [0.1, 0.15) is 6.42 Å². The molecule has 0 aliphatic carbocycles. The lowest BCUT2D eigenvalue weighted by atomic mass is 10.2. The van der Waals surface area contributed by atoms with Crippen molar-refractivity contribution in [3.8, 4) is 0 Å². The summed E-state index contributed by atoms with van der Waals surface area (Å²) in [4.78, 5) is 8.47. The van der Waals surface area contributed by atoms with Crippen LogP contribution in [0.2, 0.25) is 5.15 Å². The van der Waals surface area contributed by atoms with Gasteiger partial charge < -0.3 is 10.6 Å². The summed E-state index contributed by atoms with van der Waals surface area (Å²) in [5, 5.41) is 8.27. The van der Waals surface area contributed by atoms with Crippen LogP contribution in [0.5, 0.6) is 0 Å². The van der Waals surface area contributed by atoms with Gasteiger partial charge in [0, 0.05) is 18.0 Å². The number of anilines is 1. The zero-order valence-corrected chi connectivity index (χ0v) is 11.3. The molecule has 0 bridgehead atoms. The van der Waals surface area contributed by atoms with Crippen LogP contribution in [0, 0.1) is 0 Å². The Morgan fingerprint density at radius 1 is 1.39 bits per heavy atom. The van der Waals surface area contributed by atoms with Gasteiger partial charge in [-0.1, -0.05) is 11.6 Å². The molecule has 1 atom stereocenters. The molecular formula is C12H14Cl2N4. The number of nitrogens with zero attached hydrogens (tertiary/aromatic N) is 2. The molecule has 1 saturated heterocycles. The first-order chi connectivity index (χ1) is 8.31. The lowest BCUT2D eigenvalue weighted by Crippen LogP contribution is -2.22. The van der Waals surface area contributed by atoms with Crippen molar-refractivity contribution in [3.63, 3.8) is 0 Å². The minimum Gasteiger partial charge on any atom is -0.380 e. The van der Waals surface area contributed by atoms with Gasteiger partial charge in [0.15, 0.2) is 5.65 Å². The minimum atomic E-state index is 0. The van der Waals surface area contributed by atoms with E-state index in [4.69, 9.17) is 11.6 Å². The van der Waals surface area contributed by atoms with Gasteiger partial charge in [-0.25, -0.2) is 9.97 Å². The topological polar surface area (TPSA) is 49.8 Å². The van der Waals surface area contributed by atoms with Gasteiger partial charge in [0.1, 0.15) is 5.15 Å². The molecule has 1 fully saturated rings. The SMILES string of the molecule is Cl.Clc1ccc2cc(N[C@@H]3CCNC3)cnc2n1. The average Bonchev–Trinajstić information content (AvgIpc) is 2.82. The molecular weight excluding hydrogens is 271 g/mol. The number of halogens is 2. The largest absolute Gasteiger partial charge is 0.380 e. The van der Waals surface area contributed by atoms with Crippen LogP contribution in [0.4, 0.5) is 5.69 Å². The summed E-state index contributed by atoms with van der Waals surface area (Å²) in [6.07, 6.45) is 2.96. The van der Waals surface area contributed by atoms with Gasteiger partial charge in [0.2, 0.25) is 0 Å². The molecule has 0 radical (unpaired) electrons. The van der Waals surface area contributed by atoms with Crippen LogP contribution in [-0.2, 0) is 0 Å². The third kappa shape index (κ3) is 2.83. The second kappa shape index (κ2) is 5.69. The Bertz CT molecular complexity index is 541. The van der Waals surface area contributed by atoms with E-state index in [9.17, 15) is 0 Å². The third-order valence-corrected chi connectivity index (χ3v) is 3.15. The number of hydrogen-bond acceptors (Lipinski definition) is 4. The molecule has 3 heterocycles. The Balaban J connectivity index is 0.00000120. The van der Waals surface area contributed by atoms with Gasteiger partial charge in [0.05, 0.1) is 11.9 Å². The van der Waals surface area contributed by atoms with Crippen molar-refractivity contribution in [2.24, 2.45) is 0 Å². The smallest absolute Gasteiger partial charge is 0.160 e. The van der Waals surface area contributed by atoms with Gasteiger partial charge in [-0.05, 0) is 31.2 Å². The lowest BCUT2D eigenvalue weighted by Gasteiger charge is -2.12. The van der Waals surface area contributed by atoms with Crippen molar-refractivity contribution in [2.45, 2.75) is 12.5 Å². The van der Waals surface area contributed by atoms with E-state index >= 15 is 0 Å². The summed E-state index contributed by atoms with van der Waals surface area (Å²) in [6, 6.07) is 6.28. The Morgan fingerprint density at radius 2 is 2.28 bits per heavy atom. The summed E-state index contributed by atoms with van der Waals surface area (Å²) in [5.41, 5.74) is 1.72. The highest BCUT2D eigenvalue weighted by Crippen LogP contribution is 2.18. The average molecular weight is 285 g/mol. The fraction of sp³-hybridized carbons (Fsp3) is 0.333. The van der Waals surface area contributed by atoms with E-state index in [1.807, 2.05) is 12.3 Å². The Kier molecular flexibility index (Phi) is 4.22. The maximum atomic E-state index is 5.82. The van der Waals surface area contributed by atoms with E-state index in [1.165, 1.54) is 0 Å². The third-order valence-electron chi connectivity index (χ3n) is 2.94. The van der Waals surface area contributed by atoms with Crippen molar-refractivity contribution in [3.05, 3.63) is 29.5 Å².